The molecule has 2 fully saturated rings. The van der Waals surface area contributed by atoms with E-state index in [4.69, 9.17) is 4.74 Å². The summed E-state index contributed by atoms with van der Waals surface area (Å²) in [6.07, 6.45) is 6.85. The van der Waals surface area contributed by atoms with E-state index in [0.717, 1.165) is 25.7 Å². The number of Topliss-reactive ketones (excluding diaryl/α,β-unsaturated/α-hetero) is 2. The summed E-state index contributed by atoms with van der Waals surface area (Å²) in [6, 6.07) is 6.95. The minimum Gasteiger partial charge on any atom is -0.494 e. The molecule has 2 N–H and O–H groups in total. The summed E-state index contributed by atoms with van der Waals surface area (Å²) in [7, 11) is 0. The molecule has 2 heterocycles. The van der Waals surface area contributed by atoms with Gasteiger partial charge in [-0.15, -0.1) is 0 Å². The Kier molecular flexibility index (Phi) is 13.5. The molecule has 232 valence electrons. The second-order valence-electron chi connectivity index (χ2n) is 11.8. The van der Waals surface area contributed by atoms with Crippen LogP contribution in [0.5, 0.6) is 5.75 Å². The quantitative estimate of drug-likeness (QED) is 0.333. The van der Waals surface area contributed by atoms with E-state index < -0.39 is 30.0 Å². The van der Waals surface area contributed by atoms with Gasteiger partial charge in [-0.25, -0.2) is 0 Å². The standard InChI is InChI=1S/C33H49N3O6/c1-4-23(3)30-33(41)36-20-13-12-18-28(36)29(38)22-24(14-8-6-9-15-25(37)5-2)31(39)34-27(32(40)35-30)19-21-42-26-16-10-7-11-17-26/h7,10-11,16-17,23-24,27-28,30H,4-6,8-9,12-15,18-22H2,1-3H3,(H,34,39)(H,35,40)/t23-,24-,27+,28-,30+/m1/s1. The molecule has 1 aromatic rings. The van der Waals surface area contributed by atoms with Gasteiger partial charge in [0.15, 0.2) is 5.78 Å². The molecule has 9 heteroatoms. The molecule has 0 unspecified atom stereocenters. The third kappa shape index (κ3) is 9.66. The summed E-state index contributed by atoms with van der Waals surface area (Å²) < 4.78 is 5.83. The molecule has 2 aliphatic heterocycles. The van der Waals surface area contributed by atoms with Gasteiger partial charge in [0.25, 0.3) is 0 Å². The van der Waals surface area contributed by atoms with E-state index in [-0.39, 0.29) is 48.7 Å². The smallest absolute Gasteiger partial charge is 0.246 e. The number of carbonyl (C=O) groups is 5. The SMILES string of the molecule is CCC(=O)CCCCC[C@@H]1CC(=O)[C@H]2CCCCN2C(=O)[C@H]([C@H](C)CC)NC(=O)[C@H](CCOc2ccccc2)NC1=O. The minimum absolute atomic E-state index is 0.0248. The Morgan fingerprint density at radius 2 is 1.74 bits per heavy atom. The van der Waals surface area contributed by atoms with Crippen LogP contribution < -0.4 is 15.4 Å². The Hall–Kier alpha value is -3.23. The van der Waals surface area contributed by atoms with Crippen molar-refractivity contribution in [1.29, 1.82) is 0 Å². The first-order valence-electron chi connectivity index (χ1n) is 15.9. The van der Waals surface area contributed by atoms with Crippen molar-refractivity contribution in [3.63, 3.8) is 0 Å². The van der Waals surface area contributed by atoms with Gasteiger partial charge >= 0.3 is 0 Å². The highest BCUT2D eigenvalue weighted by Crippen LogP contribution is 2.26. The third-order valence-corrected chi connectivity index (χ3v) is 8.71. The maximum absolute atomic E-state index is 13.9. The zero-order valence-corrected chi connectivity index (χ0v) is 25.6. The lowest BCUT2D eigenvalue weighted by molar-refractivity contribution is -0.147. The first kappa shape index (κ1) is 33.3. The second-order valence-corrected chi connectivity index (χ2v) is 11.8. The molecule has 1 aromatic carbocycles. The Bertz CT molecular complexity index is 1060. The van der Waals surface area contributed by atoms with E-state index in [2.05, 4.69) is 10.6 Å². The third-order valence-electron chi connectivity index (χ3n) is 8.71. The molecule has 2 aliphatic rings. The van der Waals surface area contributed by atoms with E-state index in [0.29, 0.717) is 50.8 Å². The number of fused-ring (bicyclic) bond motifs is 1. The van der Waals surface area contributed by atoms with Crippen LogP contribution in [-0.2, 0) is 24.0 Å². The maximum Gasteiger partial charge on any atom is 0.246 e. The van der Waals surface area contributed by atoms with Crippen molar-refractivity contribution < 1.29 is 28.7 Å². The molecule has 0 aliphatic carbocycles. The summed E-state index contributed by atoms with van der Waals surface area (Å²) in [5.74, 6) is -0.954. The summed E-state index contributed by atoms with van der Waals surface area (Å²) in [6.45, 7) is 6.40. The van der Waals surface area contributed by atoms with Crippen LogP contribution in [0.2, 0.25) is 0 Å². The number of hydrogen-bond acceptors (Lipinski definition) is 6. The van der Waals surface area contributed by atoms with Crippen molar-refractivity contribution in [2.75, 3.05) is 13.2 Å². The highest BCUT2D eigenvalue weighted by atomic mass is 16.5. The number of ether oxygens (including phenoxy) is 1. The molecule has 0 aromatic heterocycles. The summed E-state index contributed by atoms with van der Waals surface area (Å²) in [5.41, 5.74) is 0. The summed E-state index contributed by atoms with van der Waals surface area (Å²) in [5, 5.41) is 5.86. The van der Waals surface area contributed by atoms with Gasteiger partial charge in [-0.2, -0.15) is 0 Å². The van der Waals surface area contributed by atoms with Crippen molar-refractivity contribution in [1.82, 2.24) is 15.5 Å². The van der Waals surface area contributed by atoms with Crippen LogP contribution in [0.15, 0.2) is 30.3 Å². The number of hydrogen-bond donors (Lipinski definition) is 2. The van der Waals surface area contributed by atoms with E-state index in [1.165, 1.54) is 0 Å². The molecule has 2 saturated heterocycles. The monoisotopic (exact) mass is 583 g/mol. The first-order chi connectivity index (χ1) is 20.2. The maximum atomic E-state index is 13.9. The molecule has 3 rings (SSSR count). The number of ketones is 2. The zero-order valence-electron chi connectivity index (χ0n) is 25.6. The van der Waals surface area contributed by atoms with Crippen LogP contribution >= 0.6 is 0 Å². The molecule has 0 bridgehead atoms. The Morgan fingerprint density at radius 3 is 2.45 bits per heavy atom. The first-order valence-corrected chi connectivity index (χ1v) is 15.9. The molecule has 0 radical (unpaired) electrons. The van der Waals surface area contributed by atoms with Crippen molar-refractivity contribution >= 4 is 29.3 Å². The number of amides is 3. The van der Waals surface area contributed by atoms with E-state index >= 15 is 0 Å². The van der Waals surface area contributed by atoms with Crippen LogP contribution in [0.1, 0.15) is 97.8 Å². The van der Waals surface area contributed by atoms with Gasteiger partial charge in [-0.05, 0) is 50.2 Å². The predicted octanol–water partition coefficient (Wildman–Crippen LogP) is 4.37. The topological polar surface area (TPSA) is 122 Å². The van der Waals surface area contributed by atoms with Crippen LogP contribution in [0.25, 0.3) is 0 Å². The summed E-state index contributed by atoms with van der Waals surface area (Å²) in [4.78, 5) is 68.2. The summed E-state index contributed by atoms with van der Waals surface area (Å²) >= 11 is 0. The molecule has 42 heavy (non-hydrogen) atoms. The number of carbonyl (C=O) groups excluding carboxylic acids is 5. The lowest BCUT2D eigenvalue weighted by atomic mass is 9.87. The average Bonchev–Trinajstić information content (AvgIpc) is 3.01. The molecule has 0 spiro atoms. The number of nitrogens with one attached hydrogen (secondary N) is 2. The Labute approximate surface area is 250 Å². The van der Waals surface area contributed by atoms with E-state index in [9.17, 15) is 24.0 Å². The molecular formula is C33H49N3O6. The minimum atomic E-state index is -0.920. The fourth-order valence-electron chi connectivity index (χ4n) is 5.79. The van der Waals surface area contributed by atoms with Crippen LogP contribution in [0.3, 0.4) is 0 Å². The van der Waals surface area contributed by atoms with Gasteiger partial charge < -0.3 is 20.3 Å². The van der Waals surface area contributed by atoms with Crippen molar-refractivity contribution in [3.05, 3.63) is 30.3 Å². The Morgan fingerprint density at radius 1 is 0.976 bits per heavy atom. The number of para-hydroxylation sites is 1. The van der Waals surface area contributed by atoms with Gasteiger partial charge in [0, 0.05) is 38.1 Å². The van der Waals surface area contributed by atoms with Gasteiger partial charge in [0.05, 0.1) is 12.6 Å². The van der Waals surface area contributed by atoms with E-state index in [1.807, 2.05) is 51.1 Å². The number of piperidine rings is 1. The second kappa shape index (κ2) is 17.0. The fourth-order valence-corrected chi connectivity index (χ4v) is 5.79. The molecule has 0 saturated carbocycles. The number of rotatable bonds is 13. The predicted molar refractivity (Wildman–Crippen MR) is 161 cm³/mol. The number of benzene rings is 1. The largest absolute Gasteiger partial charge is 0.494 e. The van der Waals surface area contributed by atoms with E-state index in [1.54, 1.807) is 4.90 Å². The van der Waals surface area contributed by atoms with Gasteiger partial charge in [0.2, 0.25) is 17.7 Å². The van der Waals surface area contributed by atoms with Crippen molar-refractivity contribution in [2.24, 2.45) is 11.8 Å². The van der Waals surface area contributed by atoms with Gasteiger partial charge in [-0.1, -0.05) is 58.2 Å². The number of unbranched alkanes of at least 4 members (excludes halogenated alkanes) is 2. The number of nitrogens with zero attached hydrogens (tertiary/aromatic N) is 1. The van der Waals surface area contributed by atoms with Gasteiger partial charge in [0.1, 0.15) is 23.6 Å². The van der Waals surface area contributed by atoms with Crippen LogP contribution in [0.4, 0.5) is 0 Å². The average molecular weight is 584 g/mol. The fraction of sp³-hybridized carbons (Fsp3) is 0.667. The van der Waals surface area contributed by atoms with Gasteiger partial charge in [-0.3, -0.25) is 24.0 Å². The Balaban J connectivity index is 1.83. The van der Waals surface area contributed by atoms with Crippen molar-refractivity contribution in [3.8, 4) is 5.75 Å². The van der Waals surface area contributed by atoms with Crippen molar-refractivity contribution in [2.45, 2.75) is 116 Å². The molecule has 3 amide bonds. The lowest BCUT2D eigenvalue weighted by Gasteiger charge is -2.39. The molecular weight excluding hydrogens is 534 g/mol. The highest BCUT2D eigenvalue weighted by molar-refractivity contribution is 5.97. The zero-order chi connectivity index (χ0) is 30.5. The van der Waals surface area contributed by atoms with Crippen LogP contribution in [0, 0.1) is 11.8 Å². The molecule has 5 atom stereocenters. The highest BCUT2D eigenvalue weighted by Gasteiger charge is 2.40. The normalized spacial score (nSPS) is 24.5. The van der Waals surface area contributed by atoms with Crippen LogP contribution in [-0.4, -0.2) is 65.5 Å². The molecule has 9 nitrogen and oxygen atoms in total. The lowest BCUT2D eigenvalue weighted by Crippen LogP contribution is -2.61.